The summed E-state index contributed by atoms with van der Waals surface area (Å²) in [5.74, 6) is 1.05. The first-order chi connectivity index (χ1) is 10.5. The van der Waals surface area contributed by atoms with Gasteiger partial charge in [0.2, 0.25) is 5.91 Å². The first-order valence-electron chi connectivity index (χ1n) is 8.09. The average Bonchev–Trinajstić information content (AvgIpc) is 3.18. The standard InChI is InChI=1S/C18H24N2O2/c1-3-4-8-16-14(13-7-5-6-9-15(13)22-16)12-20(2)17(21)18(19)10-11-18/h5-7,9H,3-4,8,10-12,19H2,1-2H3. The molecule has 4 nitrogen and oxygen atoms in total. The molecule has 0 atom stereocenters. The molecule has 4 heteroatoms. The van der Waals surface area contributed by atoms with E-state index in [2.05, 4.69) is 13.0 Å². The van der Waals surface area contributed by atoms with E-state index in [1.54, 1.807) is 4.90 Å². The van der Waals surface area contributed by atoms with Gasteiger partial charge in [-0.25, -0.2) is 0 Å². The average molecular weight is 300 g/mol. The molecule has 1 saturated carbocycles. The van der Waals surface area contributed by atoms with Crippen LogP contribution in [-0.4, -0.2) is 23.4 Å². The van der Waals surface area contributed by atoms with Crippen LogP contribution in [0.1, 0.15) is 43.9 Å². The number of unbranched alkanes of at least 4 members (excludes halogenated alkanes) is 1. The van der Waals surface area contributed by atoms with Gasteiger partial charge in [-0.15, -0.1) is 0 Å². The van der Waals surface area contributed by atoms with Gasteiger partial charge in [-0.2, -0.15) is 0 Å². The lowest BCUT2D eigenvalue weighted by Crippen LogP contribution is -2.43. The molecule has 0 saturated heterocycles. The van der Waals surface area contributed by atoms with Crippen LogP contribution in [0.4, 0.5) is 0 Å². The number of nitrogens with zero attached hydrogens (tertiary/aromatic N) is 1. The van der Waals surface area contributed by atoms with Crippen molar-refractivity contribution in [3.05, 3.63) is 35.6 Å². The van der Waals surface area contributed by atoms with Gasteiger partial charge in [0.25, 0.3) is 0 Å². The number of nitrogens with two attached hydrogens (primary N) is 1. The fourth-order valence-electron chi connectivity index (χ4n) is 2.90. The Hall–Kier alpha value is -1.81. The third kappa shape index (κ3) is 2.75. The Morgan fingerprint density at radius 3 is 2.77 bits per heavy atom. The zero-order valence-corrected chi connectivity index (χ0v) is 13.4. The maximum Gasteiger partial charge on any atom is 0.242 e. The number of fused-ring (bicyclic) bond motifs is 1. The molecule has 2 N–H and O–H groups in total. The first-order valence-corrected chi connectivity index (χ1v) is 8.09. The van der Waals surface area contributed by atoms with Crippen LogP contribution < -0.4 is 5.73 Å². The molecule has 1 aromatic carbocycles. The van der Waals surface area contributed by atoms with Crippen LogP contribution in [-0.2, 0) is 17.8 Å². The van der Waals surface area contributed by atoms with E-state index in [1.165, 1.54) is 0 Å². The Morgan fingerprint density at radius 1 is 1.36 bits per heavy atom. The summed E-state index contributed by atoms with van der Waals surface area (Å²) in [6.45, 7) is 2.73. The van der Waals surface area contributed by atoms with Gasteiger partial charge in [0.1, 0.15) is 11.3 Å². The second-order valence-electron chi connectivity index (χ2n) is 6.42. The van der Waals surface area contributed by atoms with Gasteiger partial charge >= 0.3 is 0 Å². The largest absolute Gasteiger partial charge is 0.461 e. The maximum absolute atomic E-state index is 12.4. The molecule has 0 spiro atoms. The van der Waals surface area contributed by atoms with Crippen molar-refractivity contribution < 1.29 is 9.21 Å². The van der Waals surface area contributed by atoms with Gasteiger partial charge in [-0.3, -0.25) is 4.79 Å². The number of para-hydroxylation sites is 1. The predicted octanol–water partition coefficient (Wildman–Crippen LogP) is 3.23. The molecule has 1 amide bonds. The van der Waals surface area contributed by atoms with Crippen LogP contribution >= 0.6 is 0 Å². The van der Waals surface area contributed by atoms with Crippen molar-refractivity contribution in [1.82, 2.24) is 4.90 Å². The minimum absolute atomic E-state index is 0.0409. The topological polar surface area (TPSA) is 59.5 Å². The third-order valence-corrected chi connectivity index (χ3v) is 4.50. The fourth-order valence-corrected chi connectivity index (χ4v) is 2.90. The second-order valence-corrected chi connectivity index (χ2v) is 6.42. The van der Waals surface area contributed by atoms with E-state index in [4.69, 9.17) is 10.2 Å². The molecule has 0 bridgehead atoms. The van der Waals surface area contributed by atoms with Crippen LogP contribution in [0.15, 0.2) is 28.7 Å². The summed E-state index contributed by atoms with van der Waals surface area (Å²) in [4.78, 5) is 14.1. The van der Waals surface area contributed by atoms with Crippen LogP contribution in [0.5, 0.6) is 0 Å². The molecule has 1 heterocycles. The molecule has 1 aliphatic carbocycles. The normalized spacial score (nSPS) is 16.0. The van der Waals surface area contributed by atoms with E-state index in [1.807, 2.05) is 25.2 Å². The number of rotatable bonds is 6. The SMILES string of the molecule is CCCCc1oc2ccccc2c1CN(C)C(=O)C1(N)CC1. The van der Waals surface area contributed by atoms with Gasteiger partial charge in [0, 0.05) is 31.0 Å². The summed E-state index contributed by atoms with van der Waals surface area (Å²) in [7, 11) is 1.83. The Morgan fingerprint density at radius 2 is 2.09 bits per heavy atom. The number of carbonyl (C=O) groups excluding carboxylic acids is 1. The van der Waals surface area contributed by atoms with Gasteiger partial charge in [-0.1, -0.05) is 31.5 Å². The highest BCUT2D eigenvalue weighted by Gasteiger charge is 2.47. The number of likely N-dealkylation sites (N-methyl/N-ethyl adjacent to an activating group) is 1. The smallest absolute Gasteiger partial charge is 0.242 e. The number of aryl methyl sites for hydroxylation is 1. The first kappa shape index (κ1) is 15.1. The highest BCUT2D eigenvalue weighted by atomic mass is 16.3. The van der Waals surface area contributed by atoms with Crippen LogP contribution in [0.25, 0.3) is 11.0 Å². The zero-order chi connectivity index (χ0) is 15.7. The maximum atomic E-state index is 12.4. The van der Waals surface area contributed by atoms with E-state index < -0.39 is 5.54 Å². The summed E-state index contributed by atoms with van der Waals surface area (Å²) in [5, 5.41) is 1.11. The lowest BCUT2D eigenvalue weighted by atomic mass is 10.1. The molecular weight excluding hydrogens is 276 g/mol. The zero-order valence-electron chi connectivity index (χ0n) is 13.4. The van der Waals surface area contributed by atoms with Crippen molar-refractivity contribution >= 4 is 16.9 Å². The lowest BCUT2D eigenvalue weighted by Gasteiger charge is -2.21. The highest BCUT2D eigenvalue weighted by molar-refractivity contribution is 5.89. The Labute approximate surface area is 131 Å². The van der Waals surface area contributed by atoms with E-state index in [0.717, 1.165) is 54.4 Å². The Balaban J connectivity index is 1.88. The molecule has 1 aliphatic rings. The Bertz CT molecular complexity index is 685. The minimum atomic E-state index is -0.613. The highest BCUT2D eigenvalue weighted by Crippen LogP contribution is 2.35. The molecule has 0 radical (unpaired) electrons. The second kappa shape index (κ2) is 5.76. The number of benzene rings is 1. The van der Waals surface area contributed by atoms with Crippen molar-refractivity contribution in [3.63, 3.8) is 0 Å². The van der Waals surface area contributed by atoms with Crippen molar-refractivity contribution in [1.29, 1.82) is 0 Å². The van der Waals surface area contributed by atoms with E-state index in [-0.39, 0.29) is 5.91 Å². The molecular formula is C18H24N2O2. The number of carbonyl (C=O) groups is 1. The van der Waals surface area contributed by atoms with Crippen LogP contribution in [0.3, 0.4) is 0 Å². The van der Waals surface area contributed by atoms with Crippen molar-refractivity contribution in [3.8, 4) is 0 Å². The summed E-state index contributed by atoms with van der Waals surface area (Å²) in [6, 6.07) is 8.05. The van der Waals surface area contributed by atoms with E-state index >= 15 is 0 Å². The molecule has 1 fully saturated rings. The van der Waals surface area contributed by atoms with Crippen LogP contribution in [0.2, 0.25) is 0 Å². The number of hydrogen-bond donors (Lipinski definition) is 1. The number of amides is 1. The molecule has 1 aromatic heterocycles. The third-order valence-electron chi connectivity index (χ3n) is 4.50. The summed E-state index contributed by atoms with van der Waals surface area (Å²) >= 11 is 0. The quantitative estimate of drug-likeness (QED) is 0.891. The van der Waals surface area contributed by atoms with Crippen LogP contribution in [0, 0.1) is 0 Å². The fraction of sp³-hybridized carbons (Fsp3) is 0.500. The molecule has 118 valence electrons. The predicted molar refractivity (Wildman–Crippen MR) is 87.5 cm³/mol. The molecule has 2 aromatic rings. The summed E-state index contributed by atoms with van der Waals surface area (Å²) in [6.07, 6.45) is 4.72. The molecule has 0 aliphatic heterocycles. The monoisotopic (exact) mass is 300 g/mol. The van der Waals surface area contributed by atoms with Gasteiger partial charge in [-0.05, 0) is 25.3 Å². The van der Waals surface area contributed by atoms with E-state index in [0.29, 0.717) is 6.54 Å². The molecule has 0 unspecified atom stereocenters. The van der Waals surface area contributed by atoms with Gasteiger partial charge in [0.15, 0.2) is 0 Å². The van der Waals surface area contributed by atoms with Gasteiger partial charge < -0.3 is 15.1 Å². The van der Waals surface area contributed by atoms with Crippen molar-refractivity contribution in [2.75, 3.05) is 7.05 Å². The molecule has 3 rings (SSSR count). The number of hydrogen-bond acceptors (Lipinski definition) is 3. The van der Waals surface area contributed by atoms with E-state index in [9.17, 15) is 4.79 Å². The Kier molecular flexibility index (Phi) is 3.96. The van der Waals surface area contributed by atoms with Crippen molar-refractivity contribution in [2.24, 2.45) is 5.73 Å². The minimum Gasteiger partial charge on any atom is -0.461 e. The molecule has 22 heavy (non-hydrogen) atoms. The number of furan rings is 1. The summed E-state index contributed by atoms with van der Waals surface area (Å²) < 4.78 is 6.01. The van der Waals surface area contributed by atoms with Crippen molar-refractivity contribution in [2.45, 2.75) is 51.1 Å². The van der Waals surface area contributed by atoms with Gasteiger partial charge in [0.05, 0.1) is 5.54 Å². The lowest BCUT2D eigenvalue weighted by molar-refractivity contribution is -0.132. The summed E-state index contributed by atoms with van der Waals surface area (Å²) in [5.41, 5.74) is 7.45.